The van der Waals surface area contributed by atoms with Crippen LogP contribution in [-0.4, -0.2) is 30.9 Å². The van der Waals surface area contributed by atoms with E-state index in [-0.39, 0.29) is 29.1 Å². The van der Waals surface area contributed by atoms with Crippen molar-refractivity contribution in [3.05, 3.63) is 29.6 Å². The number of nitrogens with zero attached hydrogens (tertiary/aromatic N) is 5. The van der Waals surface area contributed by atoms with Gasteiger partial charge in [0.05, 0.1) is 29.1 Å². The highest BCUT2D eigenvalue weighted by Gasteiger charge is 2.55. The second-order valence-corrected chi connectivity index (χ2v) is 6.57. The molecule has 1 aliphatic heterocycles. The van der Waals surface area contributed by atoms with Crippen LogP contribution in [0.15, 0.2) is 12.4 Å². The van der Waals surface area contributed by atoms with Crippen molar-refractivity contribution in [1.29, 1.82) is 0 Å². The molecule has 1 amide bonds. The lowest BCUT2D eigenvalue weighted by molar-refractivity contribution is -0.144. The lowest BCUT2D eigenvalue weighted by Gasteiger charge is -2.23. The normalized spacial score (nSPS) is 18.4. The largest absolute Gasteiger partial charge is 0.451 e. The van der Waals surface area contributed by atoms with Crippen LogP contribution >= 0.6 is 0 Å². The number of amides is 1. The molecule has 2 aromatic heterocycles. The minimum atomic E-state index is -4.69. The zero-order chi connectivity index (χ0) is 19.4. The zero-order valence-corrected chi connectivity index (χ0v) is 14.0. The van der Waals surface area contributed by atoms with Gasteiger partial charge < -0.3 is 10.8 Å². The molecular weight excluding hydrogens is 365 g/mol. The van der Waals surface area contributed by atoms with Crippen molar-refractivity contribution in [2.75, 3.05) is 10.6 Å². The van der Waals surface area contributed by atoms with Gasteiger partial charge in [-0.25, -0.2) is 19.9 Å². The maximum atomic E-state index is 13.3. The number of aliphatic hydroxyl groups excluding tert-OH is 1. The molecule has 0 radical (unpaired) electrons. The number of hydrogen-bond donors (Lipinski definition) is 2. The summed E-state index contributed by atoms with van der Waals surface area (Å²) in [5.41, 5.74) is 5.67. The number of carbonyl (C=O) groups is 1. The highest BCUT2D eigenvalue weighted by Crippen LogP contribution is 2.54. The van der Waals surface area contributed by atoms with Crippen molar-refractivity contribution >= 4 is 23.2 Å². The Bertz CT molecular complexity index is 910. The van der Waals surface area contributed by atoms with Gasteiger partial charge >= 0.3 is 6.18 Å². The molecule has 1 fully saturated rings. The molecule has 3 N–H and O–H groups in total. The van der Waals surface area contributed by atoms with Crippen LogP contribution in [0.2, 0.25) is 0 Å². The molecule has 0 unspecified atom stereocenters. The maximum Gasteiger partial charge on any atom is 0.451 e. The minimum absolute atomic E-state index is 0.0203. The van der Waals surface area contributed by atoms with E-state index in [0.29, 0.717) is 18.4 Å². The summed E-state index contributed by atoms with van der Waals surface area (Å²) in [6.45, 7) is -0.490. The third-order valence-electron chi connectivity index (χ3n) is 5.02. The maximum absolute atomic E-state index is 13.3. The molecule has 1 spiro atoms. The van der Waals surface area contributed by atoms with Crippen molar-refractivity contribution in [2.45, 2.75) is 43.9 Å². The van der Waals surface area contributed by atoms with Gasteiger partial charge in [0.25, 0.3) is 0 Å². The molecule has 1 aliphatic carbocycles. The van der Waals surface area contributed by atoms with E-state index < -0.39 is 24.0 Å². The number of halogens is 3. The fourth-order valence-electron chi connectivity index (χ4n) is 3.89. The first-order valence-electron chi connectivity index (χ1n) is 8.29. The van der Waals surface area contributed by atoms with E-state index >= 15 is 0 Å². The summed E-state index contributed by atoms with van der Waals surface area (Å²) < 4.78 is 38.2. The van der Waals surface area contributed by atoms with Gasteiger partial charge in [0.15, 0.2) is 5.82 Å². The second kappa shape index (κ2) is 5.84. The van der Waals surface area contributed by atoms with Crippen molar-refractivity contribution in [3.8, 4) is 0 Å². The number of alkyl halides is 3. The van der Waals surface area contributed by atoms with Gasteiger partial charge in [-0.05, 0) is 12.8 Å². The number of nitrogen functional groups attached to an aromatic ring is 1. The molecule has 4 rings (SSSR count). The number of nitrogens with two attached hydrogens (primary N) is 1. The predicted octanol–water partition coefficient (Wildman–Crippen LogP) is 1.85. The van der Waals surface area contributed by atoms with E-state index in [0.717, 1.165) is 25.2 Å². The number of hydrogen-bond acceptors (Lipinski definition) is 7. The second-order valence-electron chi connectivity index (χ2n) is 6.57. The van der Waals surface area contributed by atoms with Crippen LogP contribution < -0.4 is 10.6 Å². The van der Waals surface area contributed by atoms with Gasteiger partial charge in [0.1, 0.15) is 18.2 Å². The van der Waals surface area contributed by atoms with E-state index in [9.17, 15) is 23.1 Å². The van der Waals surface area contributed by atoms with E-state index in [2.05, 4.69) is 19.9 Å². The molecule has 2 aromatic rings. The lowest BCUT2D eigenvalue weighted by atomic mass is 9.80. The number of aromatic nitrogens is 4. The minimum Gasteiger partial charge on any atom is -0.388 e. The first-order valence-corrected chi connectivity index (χ1v) is 8.29. The number of aliphatic hydroxyl groups is 1. The summed E-state index contributed by atoms with van der Waals surface area (Å²) in [7, 11) is 0. The Hall–Kier alpha value is -2.82. The third kappa shape index (κ3) is 2.52. The van der Waals surface area contributed by atoms with Gasteiger partial charge in [0.2, 0.25) is 11.7 Å². The van der Waals surface area contributed by atoms with Crippen molar-refractivity contribution in [2.24, 2.45) is 0 Å². The van der Waals surface area contributed by atoms with Crippen molar-refractivity contribution < 1.29 is 23.1 Å². The molecule has 0 aromatic carbocycles. The van der Waals surface area contributed by atoms with Crippen LogP contribution in [0.25, 0.3) is 0 Å². The molecule has 1 saturated carbocycles. The Balaban J connectivity index is 1.87. The zero-order valence-electron chi connectivity index (χ0n) is 14.0. The monoisotopic (exact) mass is 380 g/mol. The molecular formula is C16H15F3N6O2. The molecule has 11 heteroatoms. The Morgan fingerprint density at radius 1 is 1.19 bits per heavy atom. The average Bonchev–Trinajstić information content (AvgIpc) is 3.20. The van der Waals surface area contributed by atoms with Crippen LogP contribution in [-0.2, 0) is 23.0 Å². The Morgan fingerprint density at radius 3 is 2.37 bits per heavy atom. The fourth-order valence-corrected chi connectivity index (χ4v) is 3.89. The predicted molar refractivity (Wildman–Crippen MR) is 86.7 cm³/mol. The summed E-state index contributed by atoms with van der Waals surface area (Å²) >= 11 is 0. The standard InChI is InChI=1S/C16H15F3N6O2/c17-16(18,19)13-21-5-8(6-22-13)25-12-10(11(20)23-9(7-26)24-12)15(14(25)27)3-1-2-4-15/h5-6,26H,1-4,7H2,(H2,20,23,24). The van der Waals surface area contributed by atoms with Gasteiger partial charge in [-0.1, -0.05) is 12.8 Å². The number of anilines is 3. The lowest BCUT2D eigenvalue weighted by Crippen LogP contribution is -2.36. The Labute approximate surface area is 151 Å². The Kier molecular flexibility index (Phi) is 3.81. The van der Waals surface area contributed by atoms with Crippen LogP contribution in [0, 0.1) is 0 Å². The molecule has 8 nitrogen and oxygen atoms in total. The summed E-state index contributed by atoms with van der Waals surface area (Å²) in [6, 6.07) is 0. The van der Waals surface area contributed by atoms with Gasteiger partial charge in [0, 0.05) is 0 Å². The van der Waals surface area contributed by atoms with Crippen LogP contribution in [0.5, 0.6) is 0 Å². The molecule has 2 aliphatic rings. The highest BCUT2D eigenvalue weighted by atomic mass is 19.4. The molecule has 27 heavy (non-hydrogen) atoms. The third-order valence-corrected chi connectivity index (χ3v) is 5.02. The smallest absolute Gasteiger partial charge is 0.388 e. The summed E-state index contributed by atoms with van der Waals surface area (Å²) in [5.74, 6) is -1.36. The van der Waals surface area contributed by atoms with Gasteiger partial charge in [-0.15, -0.1) is 0 Å². The fraction of sp³-hybridized carbons (Fsp3) is 0.438. The van der Waals surface area contributed by atoms with Crippen molar-refractivity contribution in [1.82, 2.24) is 19.9 Å². The molecule has 0 atom stereocenters. The van der Waals surface area contributed by atoms with E-state index in [4.69, 9.17) is 5.73 Å². The topological polar surface area (TPSA) is 118 Å². The average molecular weight is 380 g/mol. The first kappa shape index (κ1) is 17.6. The van der Waals surface area contributed by atoms with Gasteiger partial charge in [-0.2, -0.15) is 13.2 Å². The number of rotatable bonds is 2. The van der Waals surface area contributed by atoms with Gasteiger partial charge in [-0.3, -0.25) is 9.69 Å². The number of carbonyl (C=O) groups excluding carboxylic acids is 1. The van der Waals surface area contributed by atoms with Crippen molar-refractivity contribution in [3.63, 3.8) is 0 Å². The molecule has 142 valence electrons. The molecule has 3 heterocycles. The van der Waals surface area contributed by atoms with Crippen LogP contribution in [0.4, 0.5) is 30.5 Å². The molecule has 0 bridgehead atoms. The SMILES string of the molecule is Nc1nc(CO)nc2c1C1(CCCC1)C(=O)N2c1cnc(C(F)(F)F)nc1. The van der Waals surface area contributed by atoms with E-state index in [1.54, 1.807) is 0 Å². The summed E-state index contributed by atoms with van der Waals surface area (Å²) in [6.07, 6.45) is -0.112. The summed E-state index contributed by atoms with van der Waals surface area (Å²) in [4.78, 5) is 29.4. The summed E-state index contributed by atoms with van der Waals surface area (Å²) in [5, 5.41) is 9.37. The highest BCUT2D eigenvalue weighted by molar-refractivity contribution is 6.13. The quantitative estimate of drug-likeness (QED) is 0.816. The van der Waals surface area contributed by atoms with E-state index in [1.165, 1.54) is 4.90 Å². The Morgan fingerprint density at radius 2 is 1.81 bits per heavy atom. The van der Waals surface area contributed by atoms with E-state index in [1.807, 2.05) is 0 Å². The van der Waals surface area contributed by atoms with Crippen LogP contribution in [0.1, 0.15) is 42.9 Å². The van der Waals surface area contributed by atoms with Crippen LogP contribution in [0.3, 0.4) is 0 Å². The molecule has 0 saturated heterocycles. The first-order chi connectivity index (χ1) is 12.8. The number of fused-ring (bicyclic) bond motifs is 2.